The summed E-state index contributed by atoms with van der Waals surface area (Å²) < 4.78 is 5.42. The molecule has 8 heavy (non-hydrogen) atoms. The summed E-state index contributed by atoms with van der Waals surface area (Å²) in [5.74, 6) is 0. The molecule has 1 unspecified atom stereocenters. The quantitative estimate of drug-likeness (QED) is 0.464. The molecule has 0 spiro atoms. The van der Waals surface area contributed by atoms with Gasteiger partial charge in [0.2, 0.25) is 0 Å². The summed E-state index contributed by atoms with van der Waals surface area (Å²) >= 11 is 0. The molecule has 1 nitrogen and oxygen atoms in total. The van der Waals surface area contributed by atoms with E-state index >= 15 is 0 Å². The zero-order chi connectivity index (χ0) is 5.11. The summed E-state index contributed by atoms with van der Waals surface area (Å²) in [6, 6.07) is 1.40. The molecule has 1 fully saturated rings. The number of rotatable bonds is 0. The van der Waals surface area contributed by atoms with Crippen LogP contribution in [0.4, 0.5) is 0 Å². The zero-order valence-corrected chi connectivity index (χ0v) is 5.97. The number of hydrogen-bond acceptors (Lipinski definition) is 1. The van der Waals surface area contributed by atoms with Crippen LogP contribution in [-0.2, 0) is 4.43 Å². The van der Waals surface area contributed by atoms with Gasteiger partial charge in [0.15, 0.2) is 9.04 Å². The van der Waals surface area contributed by atoms with E-state index < -0.39 is 9.04 Å². The third-order valence-corrected chi connectivity index (χ3v) is 3.43. The van der Waals surface area contributed by atoms with Gasteiger partial charge in [-0.1, -0.05) is 6.42 Å². The van der Waals surface area contributed by atoms with E-state index in [4.69, 9.17) is 4.43 Å². The van der Waals surface area contributed by atoms with E-state index in [9.17, 15) is 0 Å². The molecular weight excluding hydrogens is 143 g/mol. The van der Waals surface area contributed by atoms with E-state index in [1.165, 1.54) is 18.9 Å². The van der Waals surface area contributed by atoms with Crippen molar-refractivity contribution in [1.82, 2.24) is 0 Å². The van der Waals surface area contributed by atoms with Crippen LogP contribution in [0.5, 0.6) is 0 Å². The SMILES string of the molecule is C[SiH]1CCCCO1.[KH]. The molecule has 0 N–H and O–H groups in total. The molecule has 0 aromatic carbocycles. The molecule has 1 aliphatic rings. The van der Waals surface area contributed by atoms with Gasteiger partial charge in [-0.05, 0) is 19.0 Å². The Balaban J connectivity index is 0.000000490. The molecule has 0 aliphatic carbocycles. The van der Waals surface area contributed by atoms with E-state index in [0.717, 1.165) is 6.61 Å². The molecule has 1 atom stereocenters. The molecule has 0 bridgehead atoms. The van der Waals surface area contributed by atoms with Crippen LogP contribution in [0.2, 0.25) is 12.6 Å². The van der Waals surface area contributed by atoms with Crippen molar-refractivity contribution in [3.63, 3.8) is 0 Å². The summed E-state index contributed by atoms with van der Waals surface area (Å²) in [5, 5.41) is 0. The van der Waals surface area contributed by atoms with Gasteiger partial charge in [-0.2, -0.15) is 0 Å². The predicted octanol–water partition coefficient (Wildman–Crippen LogP) is 0.502. The van der Waals surface area contributed by atoms with Gasteiger partial charge in [-0.25, -0.2) is 0 Å². The summed E-state index contributed by atoms with van der Waals surface area (Å²) in [4.78, 5) is 0. The van der Waals surface area contributed by atoms with Crippen LogP contribution < -0.4 is 0 Å². The fourth-order valence-corrected chi connectivity index (χ4v) is 2.50. The van der Waals surface area contributed by atoms with Gasteiger partial charge < -0.3 is 4.43 Å². The van der Waals surface area contributed by atoms with E-state index in [2.05, 4.69) is 6.55 Å². The molecule has 0 aromatic heterocycles. The van der Waals surface area contributed by atoms with Crippen molar-refractivity contribution in [3.8, 4) is 0 Å². The van der Waals surface area contributed by atoms with E-state index in [0.29, 0.717) is 0 Å². The molecule has 0 aromatic rings. The molecule has 44 valence electrons. The van der Waals surface area contributed by atoms with Crippen LogP contribution >= 0.6 is 0 Å². The van der Waals surface area contributed by atoms with Crippen LogP contribution in [0.15, 0.2) is 0 Å². The normalized spacial score (nSPS) is 28.9. The van der Waals surface area contributed by atoms with Crippen molar-refractivity contribution in [2.24, 2.45) is 0 Å². The Morgan fingerprint density at radius 1 is 1.38 bits per heavy atom. The predicted molar refractivity (Wildman–Crippen MR) is 40.2 cm³/mol. The Kier molecular flexibility index (Phi) is 6.85. The zero-order valence-electron chi connectivity index (χ0n) is 4.81. The average molecular weight is 156 g/mol. The molecule has 0 amide bonds. The second-order valence-electron chi connectivity index (χ2n) is 2.18. The average Bonchev–Trinajstić information content (AvgIpc) is 1.69. The van der Waals surface area contributed by atoms with Crippen LogP contribution in [0.1, 0.15) is 12.8 Å². The van der Waals surface area contributed by atoms with Gasteiger partial charge in [-0.15, -0.1) is 0 Å². The molecule has 3 heteroatoms. The maximum atomic E-state index is 5.42. The first kappa shape index (κ1) is 9.81. The standard InChI is InChI=1S/C5H12OSi.K.H/c1-7-5-3-2-4-6-7;;/h7H,2-5H2,1H3;;. The van der Waals surface area contributed by atoms with Crippen molar-refractivity contribution in [1.29, 1.82) is 0 Å². The van der Waals surface area contributed by atoms with Gasteiger partial charge >= 0.3 is 51.4 Å². The molecule has 0 saturated carbocycles. The molecule has 1 saturated heterocycles. The van der Waals surface area contributed by atoms with E-state index in [-0.39, 0.29) is 51.4 Å². The fraction of sp³-hybridized carbons (Fsp3) is 1.00. The van der Waals surface area contributed by atoms with Crippen molar-refractivity contribution in [2.45, 2.75) is 25.4 Å². The third kappa shape index (κ3) is 3.77. The van der Waals surface area contributed by atoms with Gasteiger partial charge in [-0.3, -0.25) is 0 Å². The van der Waals surface area contributed by atoms with Gasteiger partial charge in [0.05, 0.1) is 0 Å². The second kappa shape index (κ2) is 5.59. The third-order valence-electron chi connectivity index (χ3n) is 1.41. The minimum atomic E-state index is -0.595. The van der Waals surface area contributed by atoms with Gasteiger partial charge in [0, 0.05) is 6.61 Å². The van der Waals surface area contributed by atoms with Crippen LogP contribution in [-0.4, -0.2) is 67.0 Å². The molecule has 1 heterocycles. The summed E-state index contributed by atoms with van der Waals surface area (Å²) in [5.41, 5.74) is 0. The van der Waals surface area contributed by atoms with Crippen molar-refractivity contribution >= 4 is 60.4 Å². The molecule has 1 rings (SSSR count). The summed E-state index contributed by atoms with van der Waals surface area (Å²) in [6.45, 7) is 3.33. The first-order chi connectivity index (χ1) is 3.39. The monoisotopic (exact) mass is 156 g/mol. The number of hydrogen-bond donors (Lipinski definition) is 0. The van der Waals surface area contributed by atoms with Crippen LogP contribution in [0.25, 0.3) is 0 Å². The maximum absolute atomic E-state index is 5.42. The van der Waals surface area contributed by atoms with Crippen molar-refractivity contribution in [2.75, 3.05) is 6.61 Å². The van der Waals surface area contributed by atoms with Gasteiger partial charge in [0.1, 0.15) is 0 Å². The second-order valence-corrected chi connectivity index (χ2v) is 4.71. The fourth-order valence-electron chi connectivity index (χ4n) is 0.902. The van der Waals surface area contributed by atoms with Crippen molar-refractivity contribution in [3.05, 3.63) is 0 Å². The van der Waals surface area contributed by atoms with Crippen molar-refractivity contribution < 1.29 is 4.43 Å². The summed E-state index contributed by atoms with van der Waals surface area (Å²) in [6.07, 6.45) is 2.73. The Bertz CT molecular complexity index is 54.4. The Hall–Kier alpha value is 1.81. The molecule has 0 radical (unpaired) electrons. The van der Waals surface area contributed by atoms with Gasteiger partial charge in [0.25, 0.3) is 0 Å². The molecule has 1 aliphatic heterocycles. The summed E-state index contributed by atoms with van der Waals surface area (Å²) in [7, 11) is -0.595. The Morgan fingerprint density at radius 3 is 2.38 bits per heavy atom. The Labute approximate surface area is 95.3 Å². The topological polar surface area (TPSA) is 9.23 Å². The Morgan fingerprint density at radius 2 is 2.12 bits per heavy atom. The van der Waals surface area contributed by atoms with Crippen LogP contribution in [0.3, 0.4) is 0 Å². The van der Waals surface area contributed by atoms with E-state index in [1.807, 2.05) is 0 Å². The molecular formula is C5H13KOSi. The minimum absolute atomic E-state index is 0. The van der Waals surface area contributed by atoms with Crippen LogP contribution in [0, 0.1) is 0 Å². The van der Waals surface area contributed by atoms with E-state index in [1.54, 1.807) is 0 Å². The first-order valence-electron chi connectivity index (χ1n) is 3.01. The first-order valence-corrected chi connectivity index (χ1v) is 5.45.